The van der Waals surface area contributed by atoms with E-state index in [1.165, 1.54) is 53.2 Å². The van der Waals surface area contributed by atoms with Gasteiger partial charge in [0.1, 0.15) is 47.7 Å². The summed E-state index contributed by atoms with van der Waals surface area (Å²) in [6.45, 7) is -2.01. The van der Waals surface area contributed by atoms with Crippen LogP contribution in [0.3, 0.4) is 0 Å². The molecule has 2 aliphatic heterocycles. The van der Waals surface area contributed by atoms with Gasteiger partial charge in [0.15, 0.2) is 11.1 Å². The predicted molar refractivity (Wildman–Crippen MR) is 166 cm³/mol. The Morgan fingerprint density at radius 3 is 1.96 bits per heavy atom. The van der Waals surface area contributed by atoms with E-state index in [2.05, 4.69) is 31.9 Å². The molecule has 8 N–H and O–H groups in total. The third-order valence-corrected chi connectivity index (χ3v) is 13.2. The number of aliphatic hydroxyl groups is 3. The number of methoxy groups -OCH3 is 1. The van der Waals surface area contributed by atoms with Gasteiger partial charge in [0, 0.05) is 13.5 Å². The highest BCUT2D eigenvalue weighted by Crippen LogP contribution is 2.71. The number of imidazole rings is 1. The normalized spacial score (nSPS) is 29.6. The van der Waals surface area contributed by atoms with E-state index in [4.69, 9.17) is 24.4 Å². The number of aliphatic hydroxyl groups excluding tert-OH is 3. The summed E-state index contributed by atoms with van der Waals surface area (Å²) in [4.78, 5) is 47.8. The average Bonchev–Trinajstić information content (AvgIpc) is 3.71. The maximum atomic E-state index is 12.4. The Kier molecular flexibility index (Phi) is 12.3. The third kappa shape index (κ3) is 9.98. The van der Waals surface area contributed by atoms with E-state index in [1.54, 1.807) is 7.05 Å². The highest BCUT2D eigenvalue weighted by atomic mass is 31.3. The zero-order valence-corrected chi connectivity index (χ0v) is 30.2. The van der Waals surface area contributed by atoms with E-state index in [0.29, 0.717) is 5.75 Å². The minimum atomic E-state index is -6.13. The molecule has 0 radical (unpaired) electrons. The van der Waals surface area contributed by atoms with Crippen LogP contribution in [0.15, 0.2) is 36.9 Å². The molecule has 1 aromatic carbocycles. The lowest BCUT2D eigenvalue weighted by molar-refractivity contribution is -0.115. The SMILES string of the molecule is COc1ccc(O[C@@H]2O[C@H](COP(=O)(O)OP(=O)(O)OP(=O)(O)OP(=O)(O)OC[C@H]3O[C@@H](n4cnc5c(=N)n(C)cnc54)C[C@@H]3O)[C@@H](O)[C@H]2O)cc1. The number of hydrogen-bond acceptors (Lipinski definition) is 19. The largest absolute Gasteiger partial charge is 0.497 e. The molecule has 29 heteroatoms. The maximum absolute atomic E-state index is 12.4. The van der Waals surface area contributed by atoms with Crippen molar-refractivity contribution in [3.63, 3.8) is 0 Å². The van der Waals surface area contributed by atoms with Gasteiger partial charge in [0.05, 0.1) is 39.1 Å². The quantitative estimate of drug-likeness (QED) is 0.0875. The number of rotatable bonds is 16. The molecule has 290 valence electrons. The average molecular weight is 823 g/mol. The summed E-state index contributed by atoms with van der Waals surface area (Å²) in [5, 5.41) is 39.0. The number of phosphoric ester groups is 2. The molecule has 25 nitrogen and oxygen atoms in total. The van der Waals surface area contributed by atoms with Gasteiger partial charge in [-0.25, -0.2) is 28.2 Å². The smallest absolute Gasteiger partial charge is 0.490 e. The second kappa shape index (κ2) is 15.7. The van der Waals surface area contributed by atoms with Crippen molar-refractivity contribution < 1.29 is 94.1 Å². The van der Waals surface area contributed by atoms with Gasteiger partial charge < -0.3 is 58.4 Å². The van der Waals surface area contributed by atoms with Crippen molar-refractivity contribution in [3.8, 4) is 11.5 Å². The number of phosphoric acid groups is 4. The molecule has 2 aromatic heterocycles. The Labute approximate surface area is 291 Å². The molecular formula is C23H33N5O20P4. The lowest BCUT2D eigenvalue weighted by atomic mass is 10.1. The van der Waals surface area contributed by atoms with Crippen LogP contribution in [0.4, 0.5) is 0 Å². The van der Waals surface area contributed by atoms with E-state index in [1.807, 2.05) is 0 Å². The Hall–Kier alpha value is -2.47. The van der Waals surface area contributed by atoms with Crippen LogP contribution in [-0.4, -0.2) is 111 Å². The van der Waals surface area contributed by atoms with E-state index >= 15 is 0 Å². The van der Waals surface area contributed by atoms with Crippen LogP contribution in [0, 0.1) is 5.41 Å². The molecule has 2 saturated heterocycles. The summed E-state index contributed by atoms with van der Waals surface area (Å²) in [5.41, 5.74) is 0.487. The van der Waals surface area contributed by atoms with Crippen LogP contribution in [0.2, 0.25) is 0 Å². The van der Waals surface area contributed by atoms with Crippen LogP contribution in [0.1, 0.15) is 12.6 Å². The highest BCUT2D eigenvalue weighted by molar-refractivity contribution is 7.69. The van der Waals surface area contributed by atoms with Crippen molar-refractivity contribution in [2.75, 3.05) is 20.3 Å². The van der Waals surface area contributed by atoms with Crippen LogP contribution in [0.25, 0.3) is 11.2 Å². The van der Waals surface area contributed by atoms with E-state index < -0.39 is 87.5 Å². The van der Waals surface area contributed by atoms with Crippen molar-refractivity contribution in [1.82, 2.24) is 19.1 Å². The lowest BCUT2D eigenvalue weighted by Gasteiger charge is -2.21. The van der Waals surface area contributed by atoms with Gasteiger partial charge in [-0.15, -0.1) is 0 Å². The van der Waals surface area contributed by atoms with Crippen LogP contribution < -0.4 is 15.0 Å². The number of benzene rings is 1. The first-order chi connectivity index (χ1) is 24.2. The number of aryl methyl sites for hydroxylation is 1. The van der Waals surface area contributed by atoms with Crippen molar-refractivity contribution >= 4 is 42.5 Å². The molecule has 0 bridgehead atoms. The number of ether oxygens (including phenoxy) is 4. The van der Waals surface area contributed by atoms with Gasteiger partial charge in [-0.2, -0.15) is 12.9 Å². The van der Waals surface area contributed by atoms with Crippen LogP contribution in [-0.2, 0) is 56.8 Å². The number of hydrogen-bond donors (Lipinski definition) is 8. The Balaban J connectivity index is 1.10. The summed E-state index contributed by atoms with van der Waals surface area (Å²) in [5.74, 6) is 0.664. The van der Waals surface area contributed by atoms with Crippen LogP contribution >= 0.6 is 31.3 Å². The predicted octanol–water partition coefficient (Wildman–Crippen LogP) is -0.0834. The molecule has 0 saturated carbocycles. The lowest BCUT2D eigenvalue weighted by Crippen LogP contribution is -2.35. The van der Waals surface area contributed by atoms with Crippen molar-refractivity contribution in [2.45, 2.75) is 49.5 Å². The van der Waals surface area contributed by atoms with Crippen molar-refractivity contribution in [1.29, 1.82) is 5.41 Å². The fraction of sp³-hybridized carbons (Fsp3) is 0.522. The summed E-state index contributed by atoms with van der Waals surface area (Å²) in [6, 6.07) is 5.95. The van der Waals surface area contributed by atoms with Gasteiger partial charge in [-0.1, -0.05) is 0 Å². The molecule has 2 fully saturated rings. The van der Waals surface area contributed by atoms with Gasteiger partial charge in [-0.3, -0.25) is 19.0 Å². The monoisotopic (exact) mass is 823 g/mol. The second-order valence-electron chi connectivity index (χ2n) is 11.0. The zero-order chi connectivity index (χ0) is 38.2. The molecule has 2 aliphatic rings. The Bertz CT molecular complexity index is 2000. The van der Waals surface area contributed by atoms with Gasteiger partial charge in [-0.05, 0) is 24.3 Å². The first-order valence-corrected chi connectivity index (χ1v) is 20.5. The summed E-state index contributed by atoms with van der Waals surface area (Å²) >= 11 is 0. The molecule has 0 amide bonds. The fourth-order valence-corrected chi connectivity index (χ4v) is 9.76. The number of nitrogens with one attached hydrogen (secondary N) is 1. The summed E-state index contributed by atoms with van der Waals surface area (Å²) in [7, 11) is -20.6. The molecule has 3 aromatic rings. The molecule has 52 heavy (non-hydrogen) atoms. The minimum Gasteiger partial charge on any atom is -0.497 e. The van der Waals surface area contributed by atoms with Gasteiger partial charge >= 0.3 is 31.3 Å². The molecule has 5 rings (SSSR count). The molecular weight excluding hydrogens is 790 g/mol. The standard InChI is InChI=1S/C23H33N5O20P4/c1-27-10-26-22-18(21(27)24)25-11-28(22)17-7-14(29)15(44-17)8-41-49(32,33)46-51(36,37)48-52(38,39)47-50(34,35)42-9-16-19(30)20(31)23(45-16)43-13-5-3-12(40-2)4-6-13/h3-6,10-11,14-17,19-20,23-24,29-31H,7-9H2,1-2H3,(H,32,33)(H,34,35)(H,36,37)(H,38,39)/t14-,15+,16+,17+,19+,20+,23+/m0/s1. The first kappa shape index (κ1) is 40.7. The summed E-state index contributed by atoms with van der Waals surface area (Å²) < 4.78 is 94.2. The molecule has 4 heterocycles. The van der Waals surface area contributed by atoms with Gasteiger partial charge in [0.25, 0.3) is 0 Å². The van der Waals surface area contributed by atoms with Crippen molar-refractivity contribution in [3.05, 3.63) is 42.4 Å². The molecule has 11 atom stereocenters. The number of nitrogens with zero attached hydrogens (tertiary/aromatic N) is 4. The van der Waals surface area contributed by atoms with Gasteiger partial charge in [0.2, 0.25) is 6.29 Å². The fourth-order valence-electron chi connectivity index (χ4n) is 4.80. The van der Waals surface area contributed by atoms with E-state index in [-0.39, 0.29) is 28.8 Å². The number of aromatic nitrogens is 4. The maximum Gasteiger partial charge on any atom is 0.490 e. The van der Waals surface area contributed by atoms with E-state index in [9.17, 15) is 53.2 Å². The topological polar surface area (TPSA) is 352 Å². The minimum absolute atomic E-state index is 0.0355. The summed E-state index contributed by atoms with van der Waals surface area (Å²) in [6.07, 6.45) is -7.59. The molecule has 4 unspecified atom stereocenters. The number of fused-ring (bicyclic) bond motifs is 1. The van der Waals surface area contributed by atoms with E-state index in [0.717, 1.165) is 0 Å². The highest BCUT2D eigenvalue weighted by Gasteiger charge is 2.49. The molecule has 0 aliphatic carbocycles. The van der Waals surface area contributed by atoms with Crippen molar-refractivity contribution in [2.24, 2.45) is 7.05 Å². The molecule has 0 spiro atoms. The second-order valence-corrected chi connectivity index (χ2v) is 17.2. The van der Waals surface area contributed by atoms with Crippen LogP contribution in [0.5, 0.6) is 11.5 Å². The Morgan fingerprint density at radius 2 is 1.37 bits per heavy atom. The zero-order valence-electron chi connectivity index (χ0n) is 26.6. The third-order valence-electron chi connectivity index (χ3n) is 7.27. The Morgan fingerprint density at radius 1 is 0.808 bits per heavy atom. The first-order valence-electron chi connectivity index (χ1n) is 14.5.